The Morgan fingerprint density at radius 1 is 0.951 bits per heavy atom. The Morgan fingerprint density at radius 2 is 1.34 bits per heavy atom. The number of carbonyl (C=O) groups excluding carboxylic acids is 2. The van der Waals surface area contributed by atoms with Gasteiger partial charge in [-0.25, -0.2) is 0 Å². The average Bonchev–Trinajstić information content (AvgIpc) is 2.96. The second-order valence-electron chi connectivity index (χ2n) is 8.85. The van der Waals surface area contributed by atoms with Crippen LogP contribution in [0.15, 0.2) is 67.2 Å². The van der Waals surface area contributed by atoms with Gasteiger partial charge < -0.3 is 19.7 Å². The maximum atomic E-state index is 11.8. The van der Waals surface area contributed by atoms with Crippen molar-refractivity contribution < 1.29 is 48.0 Å². The minimum absolute atomic E-state index is 0.0561. The Kier molecular flexibility index (Phi) is 30.9. The molecule has 236 valence electrons. The van der Waals surface area contributed by atoms with Crippen molar-refractivity contribution in [3.63, 3.8) is 0 Å². The number of aliphatic hydroxyl groups is 2. The molecule has 0 heterocycles. The minimum atomic E-state index is -0.651. The van der Waals surface area contributed by atoms with Gasteiger partial charge in [-0.3, -0.25) is 14.2 Å². The van der Waals surface area contributed by atoms with Gasteiger partial charge in [0.25, 0.3) is 0 Å². The average molecular weight is 854 g/mol. The molecule has 1 unspecified atom stereocenters. The summed E-state index contributed by atoms with van der Waals surface area (Å²) in [7, 11) is -0.139. The topological polar surface area (TPSA) is 110 Å². The summed E-state index contributed by atoms with van der Waals surface area (Å²) in [4.78, 5) is 22.8. The molecule has 0 bridgehead atoms. The standard InChI is InChI=1S/C14H19BrO3.C8H8.C6H11BrO3.BrH.Cu.HOPS/c1-14(2,13(17)18-9-8-16)10-12(15)11-6-4-3-5-7-11;1-2-8-6-4-3-5-7-8;1-6(2,7)5(9)10-4-3-8;;;1-2-3/h3-7,12,16H,8-10H2,1-2H3;2-7H,1H2;8H,3-4H2,1-2H3;1H;;(H,1,3)/q;;;;+1;/p-1. The van der Waals surface area contributed by atoms with Crippen LogP contribution >= 0.6 is 65.9 Å². The first kappa shape index (κ1) is 44.9. The molecule has 0 amide bonds. The number of esters is 2. The van der Waals surface area contributed by atoms with Crippen LogP contribution < -0.4 is 0 Å². The number of ether oxygens (including phenoxy) is 2. The number of thiol groups is 1. The molecule has 0 saturated carbocycles. The normalized spacial score (nSPS) is 10.8. The number of benzene rings is 2. The van der Waals surface area contributed by atoms with Gasteiger partial charge in [0.2, 0.25) is 7.66 Å². The molecule has 2 aromatic carbocycles. The van der Waals surface area contributed by atoms with Gasteiger partial charge in [-0.05, 0) is 45.2 Å². The molecule has 1 atom stereocenters. The third-order valence-electron chi connectivity index (χ3n) is 4.57. The number of alkyl halides is 2. The van der Waals surface area contributed by atoms with E-state index in [1.807, 2.05) is 80.6 Å². The molecule has 2 rings (SSSR count). The molecule has 41 heavy (non-hydrogen) atoms. The van der Waals surface area contributed by atoms with Gasteiger partial charge in [0.05, 0.1) is 18.6 Å². The Balaban J connectivity index is -0.000000530. The van der Waals surface area contributed by atoms with Crippen molar-refractivity contribution in [1.82, 2.24) is 0 Å². The molecule has 0 radical (unpaired) electrons. The third kappa shape index (κ3) is 25.6. The van der Waals surface area contributed by atoms with Crippen LogP contribution in [-0.4, -0.2) is 52.9 Å². The van der Waals surface area contributed by atoms with Gasteiger partial charge >= 0.3 is 40.3 Å². The summed E-state index contributed by atoms with van der Waals surface area (Å²) in [6.45, 7) is 10.6. The molecule has 0 aromatic heterocycles. The first-order valence-corrected chi connectivity index (χ1v) is 18.0. The van der Waals surface area contributed by atoms with Crippen LogP contribution in [0.5, 0.6) is 0 Å². The molecule has 13 heteroatoms. The van der Waals surface area contributed by atoms with E-state index in [1.165, 1.54) is 5.56 Å². The molecular weight excluding hydrogens is 815 g/mol. The second-order valence-corrected chi connectivity index (χ2v) is 12.6. The monoisotopic (exact) mass is 850 g/mol. The Hall–Kier alpha value is -0.551. The number of halogens is 3. The number of carbonyl (C=O) groups is 2. The van der Waals surface area contributed by atoms with E-state index in [9.17, 15) is 9.59 Å². The van der Waals surface area contributed by atoms with Crippen molar-refractivity contribution >= 4 is 83.9 Å². The van der Waals surface area contributed by atoms with Gasteiger partial charge in [-0.2, -0.15) is 0 Å². The summed E-state index contributed by atoms with van der Waals surface area (Å²) in [5.74, 6) is -0.640. The van der Waals surface area contributed by atoms with Crippen LogP contribution in [0.25, 0.3) is 6.08 Å². The summed E-state index contributed by atoms with van der Waals surface area (Å²) in [6.07, 6.45) is 2.47. The fraction of sp³-hybridized carbons (Fsp3) is 0.429. The van der Waals surface area contributed by atoms with Crippen molar-refractivity contribution in [2.75, 3.05) is 26.4 Å². The molecule has 0 saturated heterocycles. The van der Waals surface area contributed by atoms with Crippen LogP contribution in [0.4, 0.5) is 0 Å². The van der Waals surface area contributed by atoms with Crippen molar-refractivity contribution in [2.24, 2.45) is 5.41 Å². The summed E-state index contributed by atoms with van der Waals surface area (Å²) in [6, 6.07) is 20.0. The molecule has 0 aliphatic carbocycles. The summed E-state index contributed by atoms with van der Waals surface area (Å²) >= 11 is 16.4. The van der Waals surface area contributed by atoms with Crippen molar-refractivity contribution in [2.45, 2.75) is 43.3 Å². The zero-order valence-corrected chi connectivity index (χ0v) is 30.9. The van der Waals surface area contributed by atoms with E-state index >= 15 is 0 Å². The summed E-state index contributed by atoms with van der Waals surface area (Å²) in [5.41, 5.74) is 1.73. The molecule has 0 aliphatic heterocycles. The molecule has 2 N–H and O–H groups in total. The predicted molar refractivity (Wildman–Crippen MR) is 178 cm³/mol. The SMILES string of the molecule is C=Cc1ccccc1.CC(C)(Br)C(=O)OCCO.CC(C)(CC(Br)c1ccccc1)C(=O)OCCO.O=PS.[Cu][Br]. The molecular formula is C28H39Br3CuO7PS. The Bertz CT molecular complexity index is 951. The van der Waals surface area contributed by atoms with E-state index < -0.39 is 9.74 Å². The number of rotatable bonds is 10. The molecule has 2 aromatic rings. The maximum absolute atomic E-state index is 11.8. The Morgan fingerprint density at radius 3 is 1.68 bits per heavy atom. The van der Waals surface area contributed by atoms with Gasteiger partial charge in [0.15, 0.2) is 0 Å². The molecule has 0 aliphatic rings. The van der Waals surface area contributed by atoms with E-state index in [0.717, 1.165) is 5.56 Å². The van der Waals surface area contributed by atoms with Crippen LogP contribution in [0.1, 0.15) is 50.1 Å². The van der Waals surface area contributed by atoms with E-state index in [2.05, 4.69) is 83.7 Å². The fourth-order valence-electron chi connectivity index (χ4n) is 2.54. The van der Waals surface area contributed by atoms with Crippen LogP contribution in [0.2, 0.25) is 0 Å². The van der Waals surface area contributed by atoms with Crippen LogP contribution in [0.3, 0.4) is 0 Å². The molecule has 0 spiro atoms. The number of hydrogen-bond donors (Lipinski definition) is 3. The van der Waals surface area contributed by atoms with Crippen molar-refractivity contribution in [3.05, 3.63) is 78.4 Å². The van der Waals surface area contributed by atoms with Crippen LogP contribution in [-0.2, 0) is 37.8 Å². The number of aliphatic hydroxyl groups excluding tert-OH is 2. The van der Waals surface area contributed by atoms with E-state index in [4.69, 9.17) is 19.5 Å². The molecule has 0 fully saturated rings. The van der Waals surface area contributed by atoms with E-state index in [-0.39, 0.29) is 50.9 Å². The van der Waals surface area contributed by atoms with Crippen molar-refractivity contribution in [3.8, 4) is 0 Å². The van der Waals surface area contributed by atoms with Crippen LogP contribution in [0, 0.1) is 5.41 Å². The summed E-state index contributed by atoms with van der Waals surface area (Å²) in [5, 5.41) is 16.9. The first-order chi connectivity index (χ1) is 19.3. The first-order valence-electron chi connectivity index (χ1n) is 12.0. The molecule has 7 nitrogen and oxygen atoms in total. The second kappa shape index (κ2) is 28.2. The zero-order chi connectivity index (χ0) is 32.3. The summed E-state index contributed by atoms with van der Waals surface area (Å²) < 4.78 is 17.7. The van der Waals surface area contributed by atoms with Crippen molar-refractivity contribution in [1.29, 1.82) is 0 Å². The van der Waals surface area contributed by atoms with E-state index in [1.54, 1.807) is 13.8 Å². The van der Waals surface area contributed by atoms with Gasteiger partial charge in [-0.15, -0.1) is 0 Å². The van der Waals surface area contributed by atoms with E-state index in [0.29, 0.717) is 6.42 Å². The van der Waals surface area contributed by atoms with Gasteiger partial charge in [0.1, 0.15) is 17.5 Å². The zero-order valence-electron chi connectivity index (χ0n) is 23.4. The predicted octanol–water partition coefficient (Wildman–Crippen LogP) is 8.07. The Labute approximate surface area is 283 Å². The van der Waals surface area contributed by atoms with Gasteiger partial charge in [0, 0.05) is 4.83 Å². The quantitative estimate of drug-likeness (QED) is 0.0730. The third-order valence-corrected chi connectivity index (χ3v) is 5.75. The fourth-order valence-corrected chi connectivity index (χ4v) is 3.77. The number of hydrogen-bond acceptors (Lipinski definition) is 7. The van der Waals surface area contributed by atoms with Gasteiger partial charge in [-0.1, -0.05) is 117 Å².